The zero-order valence-corrected chi connectivity index (χ0v) is 11.3. The Balaban J connectivity index is 2.35. The second kappa shape index (κ2) is 4.88. The van der Waals surface area contributed by atoms with E-state index in [1.54, 1.807) is 0 Å². The van der Waals surface area contributed by atoms with Crippen LogP contribution < -0.4 is 16.0 Å². The van der Waals surface area contributed by atoms with Gasteiger partial charge in [-0.2, -0.15) is 0 Å². The number of carbonyl (C=O) groups excluding carboxylic acids is 1. The molecular weight excluding hydrogens is 226 g/mol. The van der Waals surface area contributed by atoms with E-state index in [4.69, 9.17) is 5.73 Å². The molecule has 0 saturated heterocycles. The lowest BCUT2D eigenvalue weighted by Gasteiger charge is -2.30. The van der Waals surface area contributed by atoms with E-state index < -0.39 is 0 Å². The molecule has 0 unspecified atom stereocenters. The molecule has 0 spiro atoms. The summed E-state index contributed by atoms with van der Waals surface area (Å²) >= 11 is 0. The standard InChI is InChI=1S/C14H21N3O/c1-4-10(5-2)17(3)13-8-12-9(6-11(13)15)7-14(18)16-12/h6,8,10H,4-5,7,15H2,1-3H3,(H,16,18). The van der Waals surface area contributed by atoms with Crippen molar-refractivity contribution in [2.45, 2.75) is 39.2 Å². The SMILES string of the molecule is CCC(CC)N(C)c1cc2c(cc1N)CC(=O)N2. The fourth-order valence-electron chi connectivity index (χ4n) is 2.62. The van der Waals surface area contributed by atoms with E-state index in [1.165, 1.54) is 0 Å². The van der Waals surface area contributed by atoms with Crippen molar-refractivity contribution in [3.8, 4) is 0 Å². The van der Waals surface area contributed by atoms with Crippen LogP contribution in [-0.4, -0.2) is 19.0 Å². The van der Waals surface area contributed by atoms with Crippen LogP contribution in [0.25, 0.3) is 0 Å². The molecule has 0 bridgehead atoms. The first kappa shape index (κ1) is 12.7. The number of anilines is 3. The lowest BCUT2D eigenvalue weighted by Crippen LogP contribution is -2.31. The maximum absolute atomic E-state index is 11.4. The Morgan fingerprint density at radius 2 is 2.06 bits per heavy atom. The quantitative estimate of drug-likeness (QED) is 0.803. The summed E-state index contributed by atoms with van der Waals surface area (Å²) in [5.41, 5.74) is 9.76. The molecule has 0 atom stereocenters. The number of amides is 1. The van der Waals surface area contributed by atoms with Gasteiger partial charge in [0.15, 0.2) is 0 Å². The molecule has 1 aromatic rings. The van der Waals surface area contributed by atoms with Crippen molar-refractivity contribution in [2.75, 3.05) is 23.0 Å². The lowest BCUT2D eigenvalue weighted by atomic mass is 10.1. The Bertz CT molecular complexity index is 466. The van der Waals surface area contributed by atoms with Gasteiger partial charge in [0.05, 0.1) is 17.8 Å². The van der Waals surface area contributed by atoms with Crippen LogP contribution in [0.3, 0.4) is 0 Å². The van der Waals surface area contributed by atoms with Crippen molar-refractivity contribution in [1.29, 1.82) is 0 Å². The third kappa shape index (κ3) is 2.15. The summed E-state index contributed by atoms with van der Waals surface area (Å²) in [4.78, 5) is 13.6. The molecule has 0 aromatic heterocycles. The van der Waals surface area contributed by atoms with Gasteiger partial charge in [0.25, 0.3) is 0 Å². The Morgan fingerprint density at radius 1 is 1.39 bits per heavy atom. The first-order valence-electron chi connectivity index (χ1n) is 6.51. The molecule has 1 heterocycles. The number of nitrogens with one attached hydrogen (secondary N) is 1. The van der Waals surface area contributed by atoms with Gasteiger partial charge >= 0.3 is 0 Å². The molecule has 1 aromatic carbocycles. The Labute approximate surface area is 108 Å². The summed E-state index contributed by atoms with van der Waals surface area (Å²) in [6.45, 7) is 4.35. The minimum absolute atomic E-state index is 0.0479. The van der Waals surface area contributed by atoms with Gasteiger partial charge in [-0.05, 0) is 30.5 Å². The van der Waals surface area contributed by atoms with Crippen LogP contribution in [0.15, 0.2) is 12.1 Å². The number of fused-ring (bicyclic) bond motifs is 1. The monoisotopic (exact) mass is 247 g/mol. The summed E-state index contributed by atoms with van der Waals surface area (Å²) in [6, 6.07) is 4.39. The maximum atomic E-state index is 11.4. The first-order chi connectivity index (χ1) is 8.56. The Hall–Kier alpha value is -1.71. The highest BCUT2D eigenvalue weighted by Crippen LogP contribution is 2.34. The molecule has 4 nitrogen and oxygen atoms in total. The summed E-state index contributed by atoms with van der Waals surface area (Å²) in [6.07, 6.45) is 2.60. The normalized spacial score (nSPS) is 13.7. The Kier molecular flexibility index (Phi) is 3.45. The minimum Gasteiger partial charge on any atom is -0.397 e. The average Bonchev–Trinajstić information content (AvgIpc) is 2.68. The summed E-state index contributed by atoms with van der Waals surface area (Å²) in [7, 11) is 2.06. The molecule has 0 radical (unpaired) electrons. The van der Waals surface area contributed by atoms with Gasteiger partial charge in [0.2, 0.25) is 5.91 Å². The van der Waals surface area contributed by atoms with Gasteiger partial charge in [-0.25, -0.2) is 0 Å². The van der Waals surface area contributed by atoms with Crippen LogP contribution in [-0.2, 0) is 11.2 Å². The van der Waals surface area contributed by atoms with Crippen LogP contribution in [0.4, 0.5) is 17.1 Å². The lowest BCUT2D eigenvalue weighted by molar-refractivity contribution is -0.115. The van der Waals surface area contributed by atoms with Crippen molar-refractivity contribution in [3.63, 3.8) is 0 Å². The van der Waals surface area contributed by atoms with Crippen molar-refractivity contribution in [2.24, 2.45) is 0 Å². The largest absolute Gasteiger partial charge is 0.397 e. The van der Waals surface area contributed by atoms with E-state index in [2.05, 4.69) is 31.1 Å². The van der Waals surface area contributed by atoms with Crippen LogP contribution in [0, 0.1) is 0 Å². The molecule has 98 valence electrons. The molecule has 0 aliphatic carbocycles. The minimum atomic E-state index is 0.0479. The third-order valence-electron chi connectivity index (χ3n) is 3.75. The summed E-state index contributed by atoms with van der Waals surface area (Å²) in [5.74, 6) is 0.0479. The summed E-state index contributed by atoms with van der Waals surface area (Å²) < 4.78 is 0. The number of carbonyl (C=O) groups is 1. The van der Waals surface area contributed by atoms with Crippen LogP contribution >= 0.6 is 0 Å². The van der Waals surface area contributed by atoms with Crippen molar-refractivity contribution >= 4 is 23.0 Å². The highest BCUT2D eigenvalue weighted by molar-refractivity contribution is 6.00. The molecule has 1 amide bonds. The predicted octanol–water partition coefficient (Wildman–Crippen LogP) is 2.39. The number of nitrogen functional groups attached to an aromatic ring is 1. The number of benzene rings is 1. The van der Waals surface area contributed by atoms with E-state index in [9.17, 15) is 4.79 Å². The fraction of sp³-hybridized carbons (Fsp3) is 0.500. The van der Waals surface area contributed by atoms with Gasteiger partial charge in [-0.3, -0.25) is 4.79 Å². The van der Waals surface area contributed by atoms with Gasteiger partial charge in [0.1, 0.15) is 0 Å². The highest BCUT2D eigenvalue weighted by Gasteiger charge is 2.21. The molecule has 0 saturated carbocycles. The molecule has 1 aliphatic rings. The van der Waals surface area contributed by atoms with Gasteiger partial charge in [-0.1, -0.05) is 13.8 Å². The van der Waals surface area contributed by atoms with Gasteiger partial charge in [-0.15, -0.1) is 0 Å². The maximum Gasteiger partial charge on any atom is 0.228 e. The molecule has 4 heteroatoms. The fourth-order valence-corrected chi connectivity index (χ4v) is 2.62. The van der Waals surface area contributed by atoms with Gasteiger partial charge < -0.3 is 16.0 Å². The van der Waals surface area contributed by atoms with Crippen LogP contribution in [0.1, 0.15) is 32.3 Å². The second-order valence-electron chi connectivity index (χ2n) is 4.87. The van der Waals surface area contributed by atoms with Crippen molar-refractivity contribution in [3.05, 3.63) is 17.7 Å². The number of rotatable bonds is 4. The van der Waals surface area contributed by atoms with Crippen molar-refractivity contribution < 1.29 is 4.79 Å². The highest BCUT2D eigenvalue weighted by atomic mass is 16.1. The second-order valence-corrected chi connectivity index (χ2v) is 4.87. The van der Waals surface area contributed by atoms with E-state index in [1.807, 2.05) is 12.1 Å². The average molecular weight is 247 g/mol. The first-order valence-corrected chi connectivity index (χ1v) is 6.51. The molecule has 18 heavy (non-hydrogen) atoms. The smallest absolute Gasteiger partial charge is 0.228 e. The van der Waals surface area contributed by atoms with E-state index in [0.717, 1.165) is 35.5 Å². The zero-order valence-electron chi connectivity index (χ0n) is 11.3. The number of nitrogens with two attached hydrogens (primary N) is 1. The van der Waals surface area contributed by atoms with E-state index in [-0.39, 0.29) is 5.91 Å². The predicted molar refractivity (Wildman–Crippen MR) is 76.0 cm³/mol. The van der Waals surface area contributed by atoms with Gasteiger partial charge in [0, 0.05) is 18.8 Å². The number of nitrogens with zero attached hydrogens (tertiary/aromatic N) is 1. The van der Waals surface area contributed by atoms with Crippen molar-refractivity contribution in [1.82, 2.24) is 0 Å². The molecule has 1 aliphatic heterocycles. The van der Waals surface area contributed by atoms with E-state index >= 15 is 0 Å². The molecular formula is C14H21N3O. The van der Waals surface area contributed by atoms with E-state index in [0.29, 0.717) is 12.5 Å². The zero-order chi connectivity index (χ0) is 13.3. The molecule has 2 rings (SSSR count). The van der Waals surface area contributed by atoms with Crippen LogP contribution in [0.5, 0.6) is 0 Å². The number of hydrogen-bond acceptors (Lipinski definition) is 3. The molecule has 3 N–H and O–H groups in total. The third-order valence-corrected chi connectivity index (χ3v) is 3.75. The van der Waals surface area contributed by atoms with Crippen LogP contribution in [0.2, 0.25) is 0 Å². The molecule has 0 fully saturated rings. The Morgan fingerprint density at radius 3 is 2.67 bits per heavy atom. The summed E-state index contributed by atoms with van der Waals surface area (Å²) in [5, 5.41) is 2.87. The number of hydrogen-bond donors (Lipinski definition) is 2. The topological polar surface area (TPSA) is 58.4 Å².